The second-order valence-corrected chi connectivity index (χ2v) is 5.51. The van der Waals surface area contributed by atoms with Gasteiger partial charge in [-0.15, -0.1) is 0 Å². The van der Waals surface area contributed by atoms with Gasteiger partial charge in [-0.05, 0) is 18.2 Å². The highest BCUT2D eigenvalue weighted by Crippen LogP contribution is 2.32. The molecule has 2 aromatic heterocycles. The molecule has 0 amide bonds. The molecule has 4 aromatic rings. The van der Waals surface area contributed by atoms with Gasteiger partial charge >= 0.3 is 5.97 Å². The summed E-state index contributed by atoms with van der Waals surface area (Å²) in [6.07, 6.45) is 0. The second kappa shape index (κ2) is 5.53. The molecule has 24 heavy (non-hydrogen) atoms. The zero-order chi connectivity index (χ0) is 16.7. The molecule has 0 aliphatic heterocycles. The van der Waals surface area contributed by atoms with E-state index in [2.05, 4.69) is 0 Å². The van der Waals surface area contributed by atoms with Crippen LogP contribution in [0.1, 0.15) is 16.1 Å². The second-order valence-electron chi connectivity index (χ2n) is 5.51. The largest absolute Gasteiger partial charge is 0.464 e. The summed E-state index contributed by atoms with van der Waals surface area (Å²) >= 11 is 0. The van der Waals surface area contributed by atoms with Gasteiger partial charge in [0.15, 0.2) is 5.58 Å². The molecule has 4 nitrogen and oxygen atoms in total. The van der Waals surface area contributed by atoms with Crippen molar-refractivity contribution in [3.63, 3.8) is 0 Å². The summed E-state index contributed by atoms with van der Waals surface area (Å²) in [7, 11) is 1.32. The summed E-state index contributed by atoms with van der Waals surface area (Å²) < 4.78 is 26.5. The quantitative estimate of drug-likeness (QED) is 0.526. The fourth-order valence-electron chi connectivity index (χ4n) is 2.98. The molecule has 0 bridgehead atoms. The van der Waals surface area contributed by atoms with Crippen molar-refractivity contribution in [2.24, 2.45) is 0 Å². The molecule has 0 atom stereocenters. The lowest BCUT2D eigenvalue weighted by Crippen LogP contribution is -2.12. The van der Waals surface area contributed by atoms with Crippen LogP contribution in [0.2, 0.25) is 0 Å². The molecule has 0 radical (unpaired) electrons. The number of benzene rings is 2. The first kappa shape index (κ1) is 14.5. The number of halogens is 1. The number of rotatable bonds is 3. The highest BCUT2D eigenvalue weighted by Gasteiger charge is 2.21. The monoisotopic (exact) mass is 323 g/mol. The van der Waals surface area contributed by atoms with E-state index in [9.17, 15) is 9.18 Å². The van der Waals surface area contributed by atoms with Crippen molar-refractivity contribution in [2.45, 2.75) is 6.54 Å². The van der Waals surface area contributed by atoms with Gasteiger partial charge in [0.1, 0.15) is 17.1 Å². The molecule has 2 aromatic carbocycles. The molecule has 0 N–H and O–H groups in total. The predicted octanol–water partition coefficient (Wildman–Crippen LogP) is 4.36. The Morgan fingerprint density at radius 3 is 2.67 bits per heavy atom. The molecule has 2 heterocycles. The number of carbonyl (C=O) groups is 1. The number of hydrogen-bond acceptors (Lipinski definition) is 3. The normalized spacial score (nSPS) is 11.2. The Hall–Kier alpha value is -3.08. The summed E-state index contributed by atoms with van der Waals surface area (Å²) in [4.78, 5) is 12.1. The summed E-state index contributed by atoms with van der Waals surface area (Å²) in [5.41, 5.74) is 2.88. The SMILES string of the molecule is COC(=O)c1cc2oc3ccccc3c2n1Cc1ccccc1F. The molecular formula is C19H14FNO3. The number of esters is 1. The van der Waals surface area contributed by atoms with E-state index in [1.807, 2.05) is 24.3 Å². The van der Waals surface area contributed by atoms with Crippen LogP contribution >= 0.6 is 0 Å². The van der Waals surface area contributed by atoms with Crippen LogP contribution < -0.4 is 0 Å². The zero-order valence-corrected chi connectivity index (χ0v) is 13.0. The molecule has 5 heteroatoms. The summed E-state index contributed by atoms with van der Waals surface area (Å²) in [6.45, 7) is 0.212. The number of para-hydroxylation sites is 1. The van der Waals surface area contributed by atoms with Gasteiger partial charge in [0.25, 0.3) is 0 Å². The van der Waals surface area contributed by atoms with Crippen molar-refractivity contribution >= 4 is 28.0 Å². The third-order valence-corrected chi connectivity index (χ3v) is 4.10. The lowest BCUT2D eigenvalue weighted by Gasteiger charge is -2.10. The van der Waals surface area contributed by atoms with Crippen LogP contribution in [0.5, 0.6) is 0 Å². The number of carbonyl (C=O) groups excluding carboxylic acids is 1. The maximum Gasteiger partial charge on any atom is 0.354 e. The van der Waals surface area contributed by atoms with E-state index < -0.39 is 5.97 Å². The fourth-order valence-corrected chi connectivity index (χ4v) is 2.98. The van der Waals surface area contributed by atoms with E-state index >= 15 is 0 Å². The molecule has 0 saturated carbocycles. The van der Waals surface area contributed by atoms with E-state index in [1.165, 1.54) is 13.2 Å². The van der Waals surface area contributed by atoms with Gasteiger partial charge in [-0.1, -0.05) is 30.3 Å². The van der Waals surface area contributed by atoms with E-state index in [0.29, 0.717) is 16.8 Å². The average Bonchev–Trinajstić information content (AvgIpc) is 3.13. The first-order valence-corrected chi connectivity index (χ1v) is 7.51. The number of hydrogen-bond donors (Lipinski definition) is 0. The summed E-state index contributed by atoms with van der Waals surface area (Å²) in [5.74, 6) is -0.801. The number of furan rings is 1. The van der Waals surface area contributed by atoms with Crippen molar-refractivity contribution in [3.8, 4) is 0 Å². The maximum absolute atomic E-state index is 14.1. The molecule has 0 unspecified atom stereocenters. The first-order chi connectivity index (χ1) is 11.7. The number of fused-ring (bicyclic) bond motifs is 3. The van der Waals surface area contributed by atoms with Gasteiger partial charge in [-0.3, -0.25) is 0 Å². The van der Waals surface area contributed by atoms with Crippen LogP contribution in [0.15, 0.2) is 59.0 Å². The van der Waals surface area contributed by atoms with E-state index in [-0.39, 0.29) is 12.4 Å². The highest BCUT2D eigenvalue weighted by molar-refractivity contribution is 6.06. The summed E-state index contributed by atoms with van der Waals surface area (Å²) in [6, 6.07) is 15.7. The van der Waals surface area contributed by atoms with Crippen molar-refractivity contribution in [2.75, 3.05) is 7.11 Å². The van der Waals surface area contributed by atoms with Crippen molar-refractivity contribution < 1.29 is 18.3 Å². The molecular weight excluding hydrogens is 309 g/mol. The molecule has 0 saturated heterocycles. The third kappa shape index (κ3) is 2.17. The molecule has 120 valence electrons. The predicted molar refractivity (Wildman–Crippen MR) is 88.6 cm³/mol. The Morgan fingerprint density at radius 1 is 1.12 bits per heavy atom. The van der Waals surface area contributed by atoms with Crippen molar-refractivity contribution in [1.82, 2.24) is 4.57 Å². The van der Waals surface area contributed by atoms with Gasteiger partial charge in [-0.25, -0.2) is 9.18 Å². The van der Waals surface area contributed by atoms with Crippen LogP contribution in [0.3, 0.4) is 0 Å². The fraction of sp³-hybridized carbons (Fsp3) is 0.105. The number of methoxy groups -OCH3 is 1. The number of aromatic nitrogens is 1. The van der Waals surface area contributed by atoms with Crippen LogP contribution in [0.25, 0.3) is 22.1 Å². The first-order valence-electron chi connectivity index (χ1n) is 7.51. The number of nitrogens with zero attached hydrogens (tertiary/aromatic N) is 1. The van der Waals surface area contributed by atoms with Crippen LogP contribution in [0.4, 0.5) is 4.39 Å². The van der Waals surface area contributed by atoms with Crippen molar-refractivity contribution in [3.05, 3.63) is 71.7 Å². The van der Waals surface area contributed by atoms with Gasteiger partial charge in [0.05, 0.1) is 19.2 Å². The van der Waals surface area contributed by atoms with Gasteiger partial charge in [-0.2, -0.15) is 0 Å². The Kier molecular flexibility index (Phi) is 3.34. The standard InChI is InChI=1S/C19H14FNO3/c1-23-19(22)15-10-17-18(13-7-3-5-9-16(13)24-17)21(15)11-12-6-2-4-8-14(12)20/h2-10H,11H2,1H3. The Morgan fingerprint density at radius 2 is 1.88 bits per heavy atom. The zero-order valence-electron chi connectivity index (χ0n) is 13.0. The average molecular weight is 323 g/mol. The van der Waals surface area contributed by atoms with E-state index in [1.54, 1.807) is 28.8 Å². The Labute approximate surface area is 137 Å². The summed E-state index contributed by atoms with van der Waals surface area (Å²) in [5, 5.41) is 0.874. The minimum absolute atomic E-state index is 0.212. The van der Waals surface area contributed by atoms with Crippen LogP contribution in [-0.2, 0) is 11.3 Å². The van der Waals surface area contributed by atoms with E-state index in [0.717, 1.165) is 16.5 Å². The minimum atomic E-state index is -0.484. The van der Waals surface area contributed by atoms with Crippen molar-refractivity contribution in [1.29, 1.82) is 0 Å². The Balaban J connectivity index is 1.99. The highest BCUT2D eigenvalue weighted by atomic mass is 19.1. The van der Waals surface area contributed by atoms with Crippen LogP contribution in [-0.4, -0.2) is 17.6 Å². The molecule has 0 aliphatic carbocycles. The van der Waals surface area contributed by atoms with E-state index in [4.69, 9.17) is 9.15 Å². The maximum atomic E-state index is 14.1. The molecule has 0 spiro atoms. The minimum Gasteiger partial charge on any atom is -0.464 e. The topological polar surface area (TPSA) is 44.4 Å². The van der Waals surface area contributed by atoms with Crippen LogP contribution in [0, 0.1) is 5.82 Å². The lowest BCUT2D eigenvalue weighted by atomic mass is 10.2. The molecule has 0 fully saturated rings. The van der Waals surface area contributed by atoms with Gasteiger partial charge in [0, 0.05) is 17.0 Å². The Bertz CT molecular complexity index is 1060. The molecule has 4 rings (SSSR count). The van der Waals surface area contributed by atoms with Gasteiger partial charge in [0.2, 0.25) is 0 Å². The lowest BCUT2D eigenvalue weighted by molar-refractivity contribution is 0.0589. The third-order valence-electron chi connectivity index (χ3n) is 4.10. The number of ether oxygens (including phenoxy) is 1. The smallest absolute Gasteiger partial charge is 0.354 e. The molecule has 0 aliphatic rings. The van der Waals surface area contributed by atoms with Gasteiger partial charge < -0.3 is 13.7 Å².